The van der Waals surface area contributed by atoms with Crippen LogP contribution in [0.2, 0.25) is 0 Å². The van der Waals surface area contributed by atoms with Crippen molar-refractivity contribution in [3.05, 3.63) is 83.0 Å². The number of amides is 2. The van der Waals surface area contributed by atoms with Gasteiger partial charge in [0.05, 0.1) is 11.8 Å². The number of urea groups is 1. The zero-order valence-corrected chi connectivity index (χ0v) is 21.1. The number of hydrogen-bond acceptors (Lipinski definition) is 6. The third-order valence-corrected chi connectivity index (χ3v) is 7.37. The number of aromatic nitrogens is 2. The highest BCUT2D eigenvalue weighted by Crippen LogP contribution is 2.34. The van der Waals surface area contributed by atoms with Crippen LogP contribution < -0.4 is 11.1 Å². The van der Waals surface area contributed by atoms with Crippen LogP contribution >= 0.6 is 0 Å². The number of nitrogens with one attached hydrogen (secondary N) is 1. The van der Waals surface area contributed by atoms with Crippen molar-refractivity contribution in [1.29, 1.82) is 0 Å². The van der Waals surface area contributed by atoms with Gasteiger partial charge in [0.15, 0.2) is 0 Å². The van der Waals surface area contributed by atoms with Crippen molar-refractivity contribution < 1.29 is 14.7 Å². The van der Waals surface area contributed by atoms with Gasteiger partial charge in [-0.05, 0) is 35.6 Å². The van der Waals surface area contributed by atoms with Crippen LogP contribution in [0.1, 0.15) is 46.4 Å². The fourth-order valence-corrected chi connectivity index (χ4v) is 5.17. The Balaban J connectivity index is 1.38. The lowest BCUT2D eigenvalue weighted by Gasteiger charge is -2.24. The number of likely N-dealkylation sites (tertiary alicyclic amines) is 2. The molecular formula is C28H34N6O3. The molecule has 37 heavy (non-hydrogen) atoms. The normalized spacial score (nSPS) is 21.4. The van der Waals surface area contributed by atoms with E-state index in [4.69, 9.17) is 10.8 Å². The van der Waals surface area contributed by atoms with Gasteiger partial charge in [-0.3, -0.25) is 4.79 Å². The first kappa shape index (κ1) is 25.0. The number of anilines is 1. The number of β-amino-alcohol motifs (C(OH)–C–C–N with tert-alkyl or cyclic N) is 1. The van der Waals surface area contributed by atoms with Crippen molar-refractivity contribution in [2.75, 3.05) is 31.5 Å². The number of nitrogens with two attached hydrogens (primary N) is 1. The van der Waals surface area contributed by atoms with Crippen molar-refractivity contribution in [2.24, 2.45) is 11.7 Å². The van der Waals surface area contributed by atoms with E-state index < -0.39 is 6.10 Å². The van der Waals surface area contributed by atoms with E-state index >= 15 is 0 Å². The van der Waals surface area contributed by atoms with Gasteiger partial charge >= 0.3 is 6.03 Å². The summed E-state index contributed by atoms with van der Waals surface area (Å²) in [5, 5.41) is 18.0. The number of carbonyl (C=O) groups excluding carboxylic acids is 2. The monoisotopic (exact) mass is 502 g/mol. The van der Waals surface area contributed by atoms with E-state index in [-0.39, 0.29) is 23.8 Å². The van der Waals surface area contributed by atoms with E-state index in [0.717, 1.165) is 16.8 Å². The minimum Gasteiger partial charge on any atom is -0.391 e. The van der Waals surface area contributed by atoms with E-state index in [2.05, 4.69) is 12.2 Å². The van der Waals surface area contributed by atoms with E-state index in [1.54, 1.807) is 17.0 Å². The number of rotatable bonds is 6. The minimum absolute atomic E-state index is 0.00527. The molecule has 0 radical (unpaired) electrons. The highest BCUT2D eigenvalue weighted by atomic mass is 16.3. The minimum atomic E-state index is -0.445. The van der Waals surface area contributed by atoms with Gasteiger partial charge in [-0.2, -0.15) is 9.78 Å². The molecule has 0 aliphatic carbocycles. The van der Waals surface area contributed by atoms with Gasteiger partial charge in [0, 0.05) is 56.8 Å². The summed E-state index contributed by atoms with van der Waals surface area (Å²) in [6, 6.07) is 19.0. The van der Waals surface area contributed by atoms with Gasteiger partial charge in [0.2, 0.25) is 0 Å². The second-order valence-electron chi connectivity index (χ2n) is 10.1. The molecule has 2 amide bonds. The Morgan fingerprint density at radius 2 is 1.76 bits per heavy atom. The molecule has 1 aromatic heterocycles. The Morgan fingerprint density at radius 3 is 2.43 bits per heavy atom. The summed E-state index contributed by atoms with van der Waals surface area (Å²) >= 11 is 0. The van der Waals surface area contributed by atoms with Gasteiger partial charge in [-0.15, -0.1) is 0 Å². The maximum atomic E-state index is 13.4. The average molecular weight is 503 g/mol. The lowest BCUT2D eigenvalue weighted by atomic mass is 9.95. The van der Waals surface area contributed by atoms with Crippen LogP contribution in [0.5, 0.6) is 0 Å². The van der Waals surface area contributed by atoms with Crippen LogP contribution in [0.15, 0.2) is 60.7 Å². The molecular weight excluding hydrogens is 468 g/mol. The number of benzene rings is 2. The third kappa shape index (κ3) is 5.38. The molecule has 2 aliphatic heterocycles. The number of nitrogens with zero attached hydrogens (tertiary/aromatic N) is 4. The summed E-state index contributed by atoms with van der Waals surface area (Å²) in [5.74, 6) is 0.595. The fourth-order valence-electron chi connectivity index (χ4n) is 5.17. The van der Waals surface area contributed by atoms with Gasteiger partial charge in [0.1, 0.15) is 5.82 Å². The lowest BCUT2D eigenvalue weighted by Crippen LogP contribution is -2.41. The quantitative estimate of drug-likeness (QED) is 0.477. The van der Waals surface area contributed by atoms with E-state index in [9.17, 15) is 14.7 Å². The van der Waals surface area contributed by atoms with E-state index in [1.165, 1.54) is 4.68 Å². The number of hydrogen-bond donors (Lipinski definition) is 3. The molecule has 0 saturated carbocycles. The summed E-state index contributed by atoms with van der Waals surface area (Å²) in [5.41, 5.74) is 9.18. The molecule has 9 heteroatoms. The molecule has 3 aromatic rings. The first-order valence-electron chi connectivity index (χ1n) is 12.9. The maximum absolute atomic E-state index is 13.4. The van der Waals surface area contributed by atoms with Crippen LogP contribution in [0.4, 0.5) is 10.6 Å². The highest BCUT2D eigenvalue weighted by molar-refractivity contribution is 5.97. The SMILES string of the molecule is CC1CN(C(=O)N2CCC(O)C2)CC1c1cc(NCc2ccc(CN)cc2)n(C(=O)c2ccccc2)n1. The Hall–Kier alpha value is -3.69. The molecule has 4 N–H and O–H groups in total. The van der Waals surface area contributed by atoms with Crippen LogP contribution in [0.3, 0.4) is 0 Å². The Morgan fingerprint density at radius 1 is 1.03 bits per heavy atom. The molecule has 194 valence electrons. The first-order valence-corrected chi connectivity index (χ1v) is 12.9. The summed E-state index contributed by atoms with van der Waals surface area (Å²) < 4.78 is 1.44. The largest absolute Gasteiger partial charge is 0.391 e. The topological polar surface area (TPSA) is 117 Å². The lowest BCUT2D eigenvalue weighted by molar-refractivity contribution is 0.0946. The van der Waals surface area contributed by atoms with Crippen molar-refractivity contribution in [2.45, 2.75) is 38.5 Å². The molecule has 0 spiro atoms. The predicted molar refractivity (Wildman–Crippen MR) is 141 cm³/mol. The summed E-state index contributed by atoms with van der Waals surface area (Å²) in [4.78, 5) is 30.0. The molecule has 2 saturated heterocycles. The Bertz CT molecular complexity index is 1240. The van der Waals surface area contributed by atoms with Gasteiger partial charge < -0.3 is 26.0 Å². The number of aliphatic hydroxyl groups is 1. The Kier molecular flexibility index (Phi) is 7.25. The van der Waals surface area contributed by atoms with Crippen molar-refractivity contribution in [3.63, 3.8) is 0 Å². The second-order valence-corrected chi connectivity index (χ2v) is 10.1. The van der Waals surface area contributed by atoms with Crippen molar-refractivity contribution >= 4 is 17.8 Å². The highest BCUT2D eigenvalue weighted by Gasteiger charge is 2.38. The molecule has 3 unspecified atom stereocenters. The van der Waals surface area contributed by atoms with Crippen LogP contribution in [0.25, 0.3) is 0 Å². The molecule has 5 rings (SSSR count). The smallest absolute Gasteiger partial charge is 0.320 e. The fraction of sp³-hybridized carbons (Fsp3) is 0.393. The standard InChI is InChI=1S/C28H34N6O3/c1-19-16-33(28(37)32-12-11-23(35)17-32)18-24(19)25-13-26(30-15-21-9-7-20(14-29)8-10-21)34(31-25)27(36)22-5-3-2-4-6-22/h2-10,13,19,23-24,30,35H,11-12,14-18,29H2,1H3. The molecule has 9 nitrogen and oxygen atoms in total. The molecule has 3 heterocycles. The van der Waals surface area contributed by atoms with Crippen molar-refractivity contribution in [1.82, 2.24) is 19.6 Å². The predicted octanol–water partition coefficient (Wildman–Crippen LogP) is 2.86. The van der Waals surface area contributed by atoms with Crippen LogP contribution in [-0.4, -0.2) is 68.9 Å². The van der Waals surface area contributed by atoms with Gasteiger partial charge in [-0.1, -0.05) is 49.4 Å². The number of carbonyl (C=O) groups is 2. The third-order valence-electron chi connectivity index (χ3n) is 7.37. The molecule has 2 aromatic carbocycles. The van der Waals surface area contributed by atoms with Crippen LogP contribution in [-0.2, 0) is 13.1 Å². The van der Waals surface area contributed by atoms with Crippen LogP contribution in [0, 0.1) is 5.92 Å². The summed E-state index contributed by atoms with van der Waals surface area (Å²) in [6.45, 7) is 5.24. The average Bonchev–Trinajstić information content (AvgIpc) is 3.65. The molecule has 2 fully saturated rings. The maximum Gasteiger partial charge on any atom is 0.320 e. The number of aliphatic hydroxyl groups excluding tert-OH is 1. The molecule has 0 bridgehead atoms. The second kappa shape index (κ2) is 10.7. The summed E-state index contributed by atoms with van der Waals surface area (Å²) in [7, 11) is 0. The van der Waals surface area contributed by atoms with Gasteiger partial charge in [-0.25, -0.2) is 4.79 Å². The first-order chi connectivity index (χ1) is 17.9. The van der Waals surface area contributed by atoms with Crippen molar-refractivity contribution in [3.8, 4) is 0 Å². The van der Waals surface area contributed by atoms with Gasteiger partial charge in [0.25, 0.3) is 5.91 Å². The van der Waals surface area contributed by atoms with E-state index in [1.807, 2.05) is 53.4 Å². The zero-order chi connectivity index (χ0) is 25.9. The van der Waals surface area contributed by atoms with E-state index in [0.29, 0.717) is 57.1 Å². The Labute approximate surface area is 216 Å². The molecule has 3 atom stereocenters. The zero-order valence-electron chi connectivity index (χ0n) is 21.1. The summed E-state index contributed by atoms with van der Waals surface area (Å²) in [6.07, 6.45) is 0.175. The molecule has 2 aliphatic rings.